The van der Waals surface area contributed by atoms with Crippen LogP contribution < -0.4 is 0 Å². The monoisotopic (exact) mass is 260 g/mol. The van der Waals surface area contributed by atoms with E-state index < -0.39 is 0 Å². The zero-order chi connectivity index (χ0) is 14.4. The Morgan fingerprint density at radius 2 is 1.63 bits per heavy atom. The first-order chi connectivity index (χ1) is 8.72. The molecule has 1 fully saturated rings. The molecule has 1 aliphatic carbocycles. The van der Waals surface area contributed by atoms with E-state index in [1.54, 1.807) is 0 Å². The van der Waals surface area contributed by atoms with Gasteiger partial charge in [-0.05, 0) is 54.4 Å². The number of hydrogen-bond acceptors (Lipinski definition) is 2. The van der Waals surface area contributed by atoms with Crippen molar-refractivity contribution in [1.29, 1.82) is 0 Å². The summed E-state index contributed by atoms with van der Waals surface area (Å²) in [6.45, 7) is 10.9. The van der Waals surface area contributed by atoms with Gasteiger partial charge in [-0.3, -0.25) is 4.79 Å². The van der Waals surface area contributed by atoms with E-state index >= 15 is 0 Å². The molecule has 2 rings (SSSR count). The third-order valence-electron chi connectivity index (χ3n) is 4.20. The summed E-state index contributed by atoms with van der Waals surface area (Å²) < 4.78 is 5.00. The van der Waals surface area contributed by atoms with Crippen LogP contribution in [0.2, 0.25) is 0 Å². The summed E-state index contributed by atoms with van der Waals surface area (Å²) in [4.78, 5) is 12.1. The zero-order valence-corrected chi connectivity index (χ0v) is 12.9. The fourth-order valence-corrected chi connectivity index (χ4v) is 3.03. The van der Waals surface area contributed by atoms with Gasteiger partial charge in [-0.1, -0.05) is 32.9 Å². The number of ether oxygens (including phenoxy) is 1. The minimum Gasteiger partial charge on any atom is -0.468 e. The van der Waals surface area contributed by atoms with Crippen molar-refractivity contribution in [2.75, 3.05) is 7.11 Å². The number of benzene rings is 1. The van der Waals surface area contributed by atoms with Crippen LogP contribution >= 0.6 is 0 Å². The van der Waals surface area contributed by atoms with Gasteiger partial charge in [0.1, 0.15) is 0 Å². The molecular formula is C17H24O2. The molecule has 0 amide bonds. The molecule has 0 radical (unpaired) electrons. The lowest BCUT2D eigenvalue weighted by atomic mass is 9.80. The van der Waals surface area contributed by atoms with Crippen LogP contribution in [-0.2, 0) is 20.4 Å². The van der Waals surface area contributed by atoms with Crippen molar-refractivity contribution in [1.82, 2.24) is 0 Å². The molecular weight excluding hydrogens is 236 g/mol. The quantitative estimate of drug-likeness (QED) is 0.756. The minimum absolute atomic E-state index is 0.0813. The van der Waals surface area contributed by atoms with Gasteiger partial charge < -0.3 is 4.74 Å². The fourth-order valence-electron chi connectivity index (χ4n) is 3.03. The predicted octanol–water partition coefficient (Wildman–Crippen LogP) is 3.81. The highest BCUT2D eigenvalue weighted by Crippen LogP contribution is 2.51. The fraction of sp³-hybridized carbons (Fsp3) is 0.588. The van der Waals surface area contributed by atoms with Crippen molar-refractivity contribution >= 4 is 5.97 Å². The summed E-state index contributed by atoms with van der Waals surface area (Å²) in [6, 6.07) is 4.46. The molecule has 0 heterocycles. The first-order valence-corrected chi connectivity index (χ1v) is 6.93. The van der Waals surface area contributed by atoms with Gasteiger partial charge in [0.25, 0.3) is 0 Å². The van der Waals surface area contributed by atoms with Crippen LogP contribution in [0.1, 0.15) is 55.9 Å². The van der Waals surface area contributed by atoms with Crippen LogP contribution in [0.4, 0.5) is 0 Å². The average Bonchev–Trinajstić information content (AvgIpc) is 3.07. The van der Waals surface area contributed by atoms with Crippen LogP contribution in [0, 0.1) is 13.8 Å². The number of carbonyl (C=O) groups is 1. The summed E-state index contributed by atoms with van der Waals surface area (Å²) in [6.07, 6.45) is 1.83. The highest BCUT2D eigenvalue weighted by Gasteiger charge is 2.54. The van der Waals surface area contributed by atoms with Gasteiger partial charge in [0.15, 0.2) is 0 Å². The molecule has 1 saturated carbocycles. The SMILES string of the molecule is COC(=O)C1(c2c(C)cc(C(C)(C)C)cc2C)CC1. The topological polar surface area (TPSA) is 26.3 Å². The van der Waals surface area contributed by atoms with Gasteiger partial charge in [0, 0.05) is 0 Å². The second-order valence-corrected chi connectivity index (χ2v) is 6.81. The van der Waals surface area contributed by atoms with E-state index in [1.807, 2.05) is 0 Å². The largest absolute Gasteiger partial charge is 0.468 e. The number of carbonyl (C=O) groups excluding carboxylic acids is 1. The molecule has 2 nitrogen and oxygen atoms in total. The molecule has 1 aromatic carbocycles. The van der Waals surface area contributed by atoms with Gasteiger partial charge in [-0.15, -0.1) is 0 Å². The third kappa shape index (κ3) is 2.29. The van der Waals surface area contributed by atoms with Gasteiger partial charge in [0.05, 0.1) is 12.5 Å². The molecule has 1 aromatic rings. The molecule has 0 N–H and O–H groups in total. The molecule has 0 bridgehead atoms. The Kier molecular flexibility index (Phi) is 3.24. The Bertz CT molecular complexity index is 494. The summed E-state index contributed by atoms with van der Waals surface area (Å²) in [7, 11) is 1.48. The molecule has 0 aliphatic heterocycles. The molecule has 0 saturated heterocycles. The average molecular weight is 260 g/mol. The summed E-state index contributed by atoms with van der Waals surface area (Å²) in [5, 5.41) is 0. The molecule has 0 aromatic heterocycles. The number of aryl methyl sites for hydroxylation is 2. The summed E-state index contributed by atoms with van der Waals surface area (Å²) in [5.41, 5.74) is 4.72. The standard InChI is InChI=1S/C17H24O2/c1-11-9-13(16(3,4)5)10-12(2)14(11)17(7-8-17)15(18)19-6/h9-10H,7-8H2,1-6H3. The lowest BCUT2D eigenvalue weighted by Crippen LogP contribution is -2.25. The van der Waals surface area contributed by atoms with Crippen LogP contribution in [0.3, 0.4) is 0 Å². The van der Waals surface area contributed by atoms with Crippen LogP contribution in [0.5, 0.6) is 0 Å². The molecule has 2 heteroatoms. The Hall–Kier alpha value is -1.31. The molecule has 1 aliphatic rings. The van der Waals surface area contributed by atoms with Crippen molar-refractivity contribution in [2.24, 2.45) is 0 Å². The number of esters is 1. The minimum atomic E-state index is -0.362. The Balaban J connectivity index is 2.53. The zero-order valence-electron chi connectivity index (χ0n) is 12.9. The van der Waals surface area contributed by atoms with Crippen molar-refractivity contribution in [3.8, 4) is 0 Å². The second-order valence-electron chi connectivity index (χ2n) is 6.81. The normalized spacial score (nSPS) is 17.2. The third-order valence-corrected chi connectivity index (χ3v) is 4.20. The van der Waals surface area contributed by atoms with E-state index in [2.05, 4.69) is 46.8 Å². The Morgan fingerprint density at radius 1 is 1.16 bits per heavy atom. The van der Waals surface area contributed by atoms with Gasteiger partial charge in [0.2, 0.25) is 0 Å². The Morgan fingerprint density at radius 3 is 1.95 bits per heavy atom. The highest BCUT2D eigenvalue weighted by atomic mass is 16.5. The van der Waals surface area contributed by atoms with E-state index in [9.17, 15) is 4.79 Å². The lowest BCUT2D eigenvalue weighted by Gasteiger charge is -2.25. The second kappa shape index (κ2) is 4.36. The number of methoxy groups -OCH3 is 1. The molecule has 0 atom stereocenters. The van der Waals surface area contributed by atoms with Gasteiger partial charge in [-0.25, -0.2) is 0 Å². The molecule has 0 spiro atoms. The predicted molar refractivity (Wildman–Crippen MR) is 77.5 cm³/mol. The smallest absolute Gasteiger partial charge is 0.316 e. The summed E-state index contributed by atoms with van der Waals surface area (Å²) >= 11 is 0. The van der Waals surface area contributed by atoms with Crippen molar-refractivity contribution in [3.05, 3.63) is 34.4 Å². The van der Waals surface area contributed by atoms with Gasteiger partial charge >= 0.3 is 5.97 Å². The van der Waals surface area contributed by atoms with Crippen molar-refractivity contribution in [3.63, 3.8) is 0 Å². The van der Waals surface area contributed by atoms with Crippen molar-refractivity contribution in [2.45, 2.75) is 58.3 Å². The summed E-state index contributed by atoms with van der Waals surface area (Å²) in [5.74, 6) is -0.0813. The van der Waals surface area contributed by atoms with E-state index in [0.717, 1.165) is 12.8 Å². The van der Waals surface area contributed by atoms with Gasteiger partial charge in [-0.2, -0.15) is 0 Å². The maximum absolute atomic E-state index is 12.1. The van der Waals surface area contributed by atoms with E-state index in [0.29, 0.717) is 0 Å². The first kappa shape index (κ1) is 14.1. The van der Waals surface area contributed by atoms with Crippen LogP contribution in [0.25, 0.3) is 0 Å². The maximum atomic E-state index is 12.1. The lowest BCUT2D eigenvalue weighted by molar-refractivity contribution is -0.143. The molecule has 104 valence electrons. The number of hydrogen-bond donors (Lipinski definition) is 0. The van der Waals surface area contributed by atoms with E-state index in [-0.39, 0.29) is 16.8 Å². The van der Waals surface area contributed by atoms with Crippen LogP contribution in [-0.4, -0.2) is 13.1 Å². The Labute approximate surface area is 116 Å². The maximum Gasteiger partial charge on any atom is 0.316 e. The van der Waals surface area contributed by atoms with Crippen molar-refractivity contribution < 1.29 is 9.53 Å². The highest BCUT2D eigenvalue weighted by molar-refractivity contribution is 5.87. The van der Waals surface area contributed by atoms with Crippen LogP contribution in [0.15, 0.2) is 12.1 Å². The van der Waals surface area contributed by atoms with E-state index in [4.69, 9.17) is 4.74 Å². The first-order valence-electron chi connectivity index (χ1n) is 6.93. The molecule has 0 unspecified atom stereocenters. The number of rotatable bonds is 2. The van der Waals surface area contributed by atoms with E-state index in [1.165, 1.54) is 29.4 Å². The molecule has 19 heavy (non-hydrogen) atoms.